The monoisotopic (exact) mass is 396 g/mol. The molecule has 0 radical (unpaired) electrons. The van der Waals surface area contributed by atoms with Gasteiger partial charge in [0.05, 0.1) is 11.7 Å². The summed E-state index contributed by atoms with van der Waals surface area (Å²) >= 11 is 5.85. The first-order chi connectivity index (χ1) is 13.5. The van der Waals surface area contributed by atoms with Crippen LogP contribution >= 0.6 is 11.6 Å². The Balaban J connectivity index is 1.55. The fourth-order valence-electron chi connectivity index (χ4n) is 2.41. The van der Waals surface area contributed by atoms with Gasteiger partial charge in [-0.15, -0.1) is 0 Å². The number of anilines is 2. The van der Waals surface area contributed by atoms with Crippen molar-refractivity contribution in [1.29, 1.82) is 0 Å². The minimum absolute atomic E-state index is 0.125. The molecular formula is C21H21ClN4O2. The maximum absolute atomic E-state index is 12.2. The van der Waals surface area contributed by atoms with Crippen LogP contribution in [-0.4, -0.2) is 22.0 Å². The zero-order valence-corrected chi connectivity index (χ0v) is 16.4. The lowest BCUT2D eigenvalue weighted by molar-refractivity contribution is 0.0950. The predicted molar refractivity (Wildman–Crippen MR) is 110 cm³/mol. The van der Waals surface area contributed by atoms with Crippen LogP contribution in [0.15, 0.2) is 60.9 Å². The third kappa shape index (κ3) is 5.69. The van der Waals surface area contributed by atoms with Crippen LogP contribution in [0.5, 0.6) is 5.75 Å². The summed E-state index contributed by atoms with van der Waals surface area (Å²) in [5.41, 5.74) is 2.18. The molecule has 0 aliphatic rings. The van der Waals surface area contributed by atoms with Crippen LogP contribution in [0.25, 0.3) is 0 Å². The van der Waals surface area contributed by atoms with E-state index in [-0.39, 0.29) is 12.0 Å². The number of aromatic nitrogens is 2. The van der Waals surface area contributed by atoms with E-state index in [4.69, 9.17) is 16.3 Å². The highest BCUT2D eigenvalue weighted by Crippen LogP contribution is 2.19. The molecule has 0 saturated carbocycles. The molecule has 6 nitrogen and oxygen atoms in total. The van der Waals surface area contributed by atoms with Gasteiger partial charge in [0.15, 0.2) is 0 Å². The summed E-state index contributed by atoms with van der Waals surface area (Å²) in [5.74, 6) is 0.970. The quantitative estimate of drug-likeness (QED) is 0.610. The second kappa shape index (κ2) is 9.19. The first-order valence-corrected chi connectivity index (χ1v) is 9.26. The van der Waals surface area contributed by atoms with Crippen molar-refractivity contribution >= 4 is 29.1 Å². The molecule has 3 aromatic rings. The lowest BCUT2D eigenvalue weighted by Crippen LogP contribution is -2.23. The molecule has 2 N–H and O–H groups in total. The van der Waals surface area contributed by atoms with Crippen LogP contribution in [0.4, 0.5) is 11.6 Å². The Morgan fingerprint density at radius 3 is 2.29 bits per heavy atom. The van der Waals surface area contributed by atoms with Gasteiger partial charge >= 0.3 is 0 Å². The number of rotatable bonds is 7. The molecule has 28 heavy (non-hydrogen) atoms. The van der Waals surface area contributed by atoms with E-state index in [2.05, 4.69) is 20.6 Å². The van der Waals surface area contributed by atoms with E-state index < -0.39 is 0 Å². The van der Waals surface area contributed by atoms with Crippen molar-refractivity contribution in [1.82, 2.24) is 15.3 Å². The minimum Gasteiger partial charge on any atom is -0.491 e. The van der Waals surface area contributed by atoms with E-state index >= 15 is 0 Å². The molecule has 0 unspecified atom stereocenters. The Hall–Kier alpha value is -3.12. The Kier molecular flexibility index (Phi) is 6.45. The number of nitrogens with one attached hydrogen (secondary N) is 2. The number of nitrogens with zero attached hydrogens (tertiary/aromatic N) is 2. The van der Waals surface area contributed by atoms with Gasteiger partial charge in [-0.25, -0.2) is 9.97 Å². The Morgan fingerprint density at radius 1 is 1.04 bits per heavy atom. The molecule has 1 aromatic heterocycles. The third-order valence-electron chi connectivity index (χ3n) is 3.76. The lowest BCUT2D eigenvalue weighted by Gasteiger charge is -2.10. The van der Waals surface area contributed by atoms with Gasteiger partial charge in [0, 0.05) is 29.6 Å². The van der Waals surface area contributed by atoms with E-state index in [1.165, 1.54) is 12.4 Å². The first kappa shape index (κ1) is 19.6. The smallest absolute Gasteiger partial charge is 0.254 e. The summed E-state index contributed by atoms with van der Waals surface area (Å²) in [6.45, 7) is 4.36. The van der Waals surface area contributed by atoms with E-state index in [0.717, 1.165) is 17.0 Å². The fraction of sp³-hybridized carbons (Fsp3) is 0.190. The van der Waals surface area contributed by atoms with Crippen molar-refractivity contribution in [3.8, 4) is 5.75 Å². The van der Waals surface area contributed by atoms with Crippen molar-refractivity contribution in [3.05, 3.63) is 77.1 Å². The van der Waals surface area contributed by atoms with Crippen LogP contribution in [-0.2, 0) is 6.54 Å². The topological polar surface area (TPSA) is 76.1 Å². The van der Waals surface area contributed by atoms with Gasteiger partial charge in [-0.2, -0.15) is 0 Å². The summed E-state index contributed by atoms with van der Waals surface area (Å²) in [6.07, 6.45) is 3.10. The summed E-state index contributed by atoms with van der Waals surface area (Å²) in [6, 6.07) is 14.8. The number of benzene rings is 2. The second-order valence-corrected chi connectivity index (χ2v) is 6.86. The summed E-state index contributed by atoms with van der Waals surface area (Å²) in [4.78, 5) is 20.6. The second-order valence-electron chi connectivity index (χ2n) is 6.42. The number of ether oxygens (including phenoxy) is 1. The van der Waals surface area contributed by atoms with Gasteiger partial charge in [-0.1, -0.05) is 23.7 Å². The van der Waals surface area contributed by atoms with E-state index in [9.17, 15) is 4.79 Å². The summed E-state index contributed by atoms with van der Waals surface area (Å²) < 4.78 is 5.61. The molecule has 1 heterocycles. The van der Waals surface area contributed by atoms with Crippen molar-refractivity contribution in [2.75, 3.05) is 5.32 Å². The molecule has 144 valence electrons. The number of carbonyl (C=O) groups is 1. The van der Waals surface area contributed by atoms with E-state index in [0.29, 0.717) is 23.1 Å². The zero-order valence-electron chi connectivity index (χ0n) is 15.6. The van der Waals surface area contributed by atoms with Crippen LogP contribution in [0.3, 0.4) is 0 Å². The molecule has 7 heteroatoms. The van der Waals surface area contributed by atoms with Crippen LogP contribution in [0, 0.1) is 0 Å². The maximum Gasteiger partial charge on any atom is 0.254 e. The molecule has 0 bridgehead atoms. The Morgan fingerprint density at radius 2 is 1.68 bits per heavy atom. The third-order valence-corrected chi connectivity index (χ3v) is 4.01. The minimum atomic E-state index is -0.239. The van der Waals surface area contributed by atoms with Crippen LogP contribution < -0.4 is 15.4 Å². The molecule has 0 spiro atoms. The zero-order chi connectivity index (χ0) is 19.9. The van der Waals surface area contributed by atoms with E-state index in [1.807, 2.05) is 50.2 Å². The molecule has 0 fully saturated rings. The maximum atomic E-state index is 12.2. The van der Waals surface area contributed by atoms with E-state index in [1.54, 1.807) is 12.1 Å². The summed E-state index contributed by atoms with van der Waals surface area (Å²) in [5, 5.41) is 6.58. The van der Waals surface area contributed by atoms with Crippen LogP contribution in [0.1, 0.15) is 29.8 Å². The molecular weight excluding hydrogens is 376 g/mol. The standard InChI is InChI=1S/C21H21ClN4O2/c1-14(2)28-19-9-7-18(8-10-19)26-21-24-12-16(13-25-21)20(27)23-11-15-3-5-17(22)6-4-15/h3-10,12-14H,11H2,1-2H3,(H,23,27)(H,24,25,26). The number of hydrogen-bond acceptors (Lipinski definition) is 5. The van der Waals surface area contributed by atoms with Gasteiger partial charge in [0.25, 0.3) is 5.91 Å². The number of hydrogen-bond donors (Lipinski definition) is 2. The summed E-state index contributed by atoms with van der Waals surface area (Å²) in [7, 11) is 0. The molecule has 0 aliphatic carbocycles. The molecule has 2 aromatic carbocycles. The number of amides is 1. The van der Waals surface area contributed by atoms with Crippen molar-refractivity contribution in [3.63, 3.8) is 0 Å². The lowest BCUT2D eigenvalue weighted by atomic mass is 10.2. The molecule has 0 aliphatic heterocycles. The average molecular weight is 397 g/mol. The number of carbonyl (C=O) groups excluding carboxylic acids is 1. The Bertz CT molecular complexity index is 911. The highest BCUT2D eigenvalue weighted by molar-refractivity contribution is 6.30. The molecule has 1 amide bonds. The molecule has 3 rings (SSSR count). The predicted octanol–water partition coefficient (Wildman–Crippen LogP) is 4.59. The van der Waals surface area contributed by atoms with Gasteiger partial charge in [0.1, 0.15) is 5.75 Å². The SMILES string of the molecule is CC(C)Oc1ccc(Nc2ncc(C(=O)NCc3ccc(Cl)cc3)cn2)cc1. The molecule has 0 atom stereocenters. The van der Waals surface area contributed by atoms with Gasteiger partial charge in [-0.3, -0.25) is 4.79 Å². The van der Waals surface area contributed by atoms with Gasteiger partial charge < -0.3 is 15.4 Å². The average Bonchev–Trinajstić information content (AvgIpc) is 2.69. The molecule has 0 saturated heterocycles. The van der Waals surface area contributed by atoms with Crippen molar-refractivity contribution in [2.45, 2.75) is 26.5 Å². The number of halogens is 1. The Labute approximate surface area is 168 Å². The normalized spacial score (nSPS) is 10.6. The highest BCUT2D eigenvalue weighted by atomic mass is 35.5. The van der Waals surface area contributed by atoms with Gasteiger partial charge in [-0.05, 0) is 55.8 Å². The van der Waals surface area contributed by atoms with Gasteiger partial charge in [0.2, 0.25) is 5.95 Å². The van der Waals surface area contributed by atoms with Crippen LogP contribution in [0.2, 0.25) is 5.02 Å². The first-order valence-electron chi connectivity index (χ1n) is 8.88. The van der Waals surface area contributed by atoms with Crippen molar-refractivity contribution < 1.29 is 9.53 Å². The highest BCUT2D eigenvalue weighted by Gasteiger charge is 2.07. The largest absolute Gasteiger partial charge is 0.491 e. The van der Waals surface area contributed by atoms with Crippen molar-refractivity contribution in [2.24, 2.45) is 0 Å². The fourth-order valence-corrected chi connectivity index (χ4v) is 2.54.